The van der Waals surface area contributed by atoms with E-state index in [-0.39, 0.29) is 25.2 Å². The number of hydrogen-bond acceptors (Lipinski definition) is 4. The van der Waals surface area contributed by atoms with E-state index in [9.17, 15) is 9.59 Å². The lowest BCUT2D eigenvalue weighted by molar-refractivity contribution is -0.129. The van der Waals surface area contributed by atoms with Crippen LogP contribution < -0.4 is 14.8 Å². The normalized spacial score (nSPS) is 12.3. The molecule has 0 fully saturated rings. The van der Waals surface area contributed by atoms with Crippen LogP contribution in [0.3, 0.4) is 0 Å². The molecule has 8 heteroatoms. The van der Waals surface area contributed by atoms with E-state index in [0.717, 1.165) is 5.56 Å². The smallest absolute Gasteiger partial charge is 0.246 e. The molecule has 0 spiro atoms. The summed E-state index contributed by atoms with van der Waals surface area (Å²) in [6.07, 6.45) is 3.04. The summed E-state index contributed by atoms with van der Waals surface area (Å²) in [7, 11) is 1.54. The Hall–Kier alpha value is -2.70. The molecule has 0 bridgehead atoms. The lowest BCUT2D eigenvalue weighted by Gasteiger charge is -2.15. The molecule has 0 aliphatic carbocycles. The highest BCUT2D eigenvalue weighted by atomic mass is 35.5. The Labute approximate surface area is 166 Å². The highest BCUT2D eigenvalue weighted by Gasteiger charge is 2.14. The van der Waals surface area contributed by atoms with Gasteiger partial charge < -0.3 is 19.7 Å². The second-order valence-electron chi connectivity index (χ2n) is 5.82. The number of carbonyl (C=O) groups excluding carboxylic acids is 2. The quantitative estimate of drug-likeness (QED) is 0.765. The fraction of sp³-hybridized carbons (Fsp3) is 0.158. The summed E-state index contributed by atoms with van der Waals surface area (Å²) in [6, 6.07) is 10.1. The van der Waals surface area contributed by atoms with Gasteiger partial charge in [-0.2, -0.15) is 0 Å². The maximum atomic E-state index is 12.2. The first-order valence-electron chi connectivity index (χ1n) is 8.00. The number of carbonyl (C=O) groups is 2. The van der Waals surface area contributed by atoms with E-state index >= 15 is 0 Å². The Kier molecular flexibility index (Phi) is 5.88. The van der Waals surface area contributed by atoms with Crippen LogP contribution in [0.5, 0.6) is 11.5 Å². The van der Waals surface area contributed by atoms with Crippen molar-refractivity contribution in [2.45, 2.75) is 0 Å². The van der Waals surface area contributed by atoms with E-state index in [2.05, 4.69) is 5.32 Å². The largest absolute Gasteiger partial charge is 0.454 e. The van der Waals surface area contributed by atoms with Gasteiger partial charge >= 0.3 is 0 Å². The van der Waals surface area contributed by atoms with Gasteiger partial charge in [0.2, 0.25) is 18.6 Å². The number of nitrogens with one attached hydrogen (secondary N) is 1. The molecule has 27 heavy (non-hydrogen) atoms. The Bertz CT molecular complexity index is 915. The van der Waals surface area contributed by atoms with Gasteiger partial charge in [-0.1, -0.05) is 29.3 Å². The Morgan fingerprint density at radius 2 is 1.89 bits per heavy atom. The van der Waals surface area contributed by atoms with Crippen LogP contribution in [0.1, 0.15) is 5.56 Å². The average Bonchev–Trinajstić information content (AvgIpc) is 3.10. The van der Waals surface area contributed by atoms with E-state index in [1.165, 1.54) is 11.0 Å². The molecule has 3 rings (SSSR count). The molecular formula is C19H16Cl2N2O4. The SMILES string of the molecule is CN(CC(=O)Nc1ccc(Cl)c(Cl)c1)C(=O)/C=C/c1ccc2c(c1)OCO2. The van der Waals surface area contributed by atoms with E-state index < -0.39 is 0 Å². The Morgan fingerprint density at radius 3 is 2.67 bits per heavy atom. The monoisotopic (exact) mass is 406 g/mol. The summed E-state index contributed by atoms with van der Waals surface area (Å²) in [5.41, 5.74) is 1.30. The van der Waals surface area contributed by atoms with Crippen molar-refractivity contribution in [3.8, 4) is 11.5 Å². The van der Waals surface area contributed by atoms with Crippen molar-refractivity contribution in [3.05, 3.63) is 58.1 Å². The van der Waals surface area contributed by atoms with Crippen LogP contribution in [0.25, 0.3) is 6.08 Å². The van der Waals surface area contributed by atoms with Crippen molar-refractivity contribution in [2.24, 2.45) is 0 Å². The van der Waals surface area contributed by atoms with Crippen LogP contribution in [-0.2, 0) is 9.59 Å². The van der Waals surface area contributed by atoms with Gasteiger partial charge in [0, 0.05) is 18.8 Å². The summed E-state index contributed by atoms with van der Waals surface area (Å²) in [4.78, 5) is 25.6. The van der Waals surface area contributed by atoms with Gasteiger partial charge in [0.05, 0.1) is 16.6 Å². The first-order valence-corrected chi connectivity index (χ1v) is 8.76. The minimum absolute atomic E-state index is 0.107. The summed E-state index contributed by atoms with van der Waals surface area (Å²) in [6.45, 7) is 0.0860. The number of likely N-dealkylation sites (N-methyl/N-ethyl adjacent to an activating group) is 1. The fourth-order valence-corrected chi connectivity index (χ4v) is 2.68. The Morgan fingerprint density at radius 1 is 1.11 bits per heavy atom. The average molecular weight is 407 g/mol. The zero-order valence-electron chi connectivity index (χ0n) is 14.4. The van der Waals surface area contributed by atoms with Gasteiger partial charge in [-0.15, -0.1) is 0 Å². The first-order chi connectivity index (χ1) is 12.9. The lowest BCUT2D eigenvalue weighted by Crippen LogP contribution is -2.33. The molecule has 0 radical (unpaired) electrons. The molecule has 2 aromatic rings. The third-order valence-corrected chi connectivity index (χ3v) is 4.51. The zero-order valence-corrected chi connectivity index (χ0v) is 15.9. The lowest BCUT2D eigenvalue weighted by atomic mass is 10.2. The molecule has 1 heterocycles. The number of halogens is 2. The van der Waals surface area contributed by atoms with E-state index in [1.54, 1.807) is 43.5 Å². The van der Waals surface area contributed by atoms with Crippen molar-refractivity contribution in [3.63, 3.8) is 0 Å². The number of benzene rings is 2. The number of amides is 2. The molecular weight excluding hydrogens is 391 g/mol. The van der Waals surface area contributed by atoms with Crippen LogP contribution in [0, 0.1) is 0 Å². The highest BCUT2D eigenvalue weighted by molar-refractivity contribution is 6.42. The zero-order chi connectivity index (χ0) is 19.4. The van der Waals surface area contributed by atoms with Gasteiger partial charge in [0.1, 0.15) is 0 Å². The van der Waals surface area contributed by atoms with Gasteiger partial charge in [0.25, 0.3) is 0 Å². The number of ether oxygens (including phenoxy) is 2. The van der Waals surface area contributed by atoms with Gasteiger partial charge in [0.15, 0.2) is 11.5 Å². The molecule has 140 valence electrons. The second kappa shape index (κ2) is 8.33. The maximum Gasteiger partial charge on any atom is 0.246 e. The number of fused-ring (bicyclic) bond motifs is 1. The van der Waals surface area contributed by atoms with Gasteiger partial charge in [-0.25, -0.2) is 0 Å². The highest BCUT2D eigenvalue weighted by Crippen LogP contribution is 2.32. The maximum absolute atomic E-state index is 12.2. The van der Waals surface area contributed by atoms with E-state index in [4.69, 9.17) is 32.7 Å². The molecule has 1 aliphatic heterocycles. The summed E-state index contributed by atoms with van der Waals surface area (Å²) in [5, 5.41) is 3.40. The summed E-state index contributed by atoms with van der Waals surface area (Å²) >= 11 is 11.8. The minimum Gasteiger partial charge on any atom is -0.454 e. The van der Waals surface area contributed by atoms with Gasteiger partial charge in [-0.05, 0) is 42.0 Å². The van der Waals surface area contributed by atoms with Crippen LogP contribution in [-0.4, -0.2) is 37.1 Å². The molecule has 2 aromatic carbocycles. The van der Waals surface area contributed by atoms with Crippen molar-refractivity contribution in [1.82, 2.24) is 4.90 Å². The third kappa shape index (κ3) is 4.93. The van der Waals surface area contributed by atoms with Crippen LogP contribution in [0.4, 0.5) is 5.69 Å². The molecule has 0 unspecified atom stereocenters. The molecule has 1 aliphatic rings. The summed E-state index contributed by atoms with van der Waals surface area (Å²) in [5.74, 6) is 0.659. The molecule has 0 saturated heterocycles. The fourth-order valence-electron chi connectivity index (χ4n) is 2.38. The molecule has 0 saturated carbocycles. The number of anilines is 1. The minimum atomic E-state index is -0.347. The molecule has 0 atom stereocenters. The van der Waals surface area contributed by atoms with E-state index in [1.807, 2.05) is 6.07 Å². The Balaban J connectivity index is 1.55. The van der Waals surface area contributed by atoms with Crippen molar-refractivity contribution in [2.75, 3.05) is 25.7 Å². The predicted octanol–water partition coefficient (Wildman–Crippen LogP) is 3.83. The molecule has 6 nitrogen and oxygen atoms in total. The molecule has 0 aromatic heterocycles. The van der Waals surface area contributed by atoms with Crippen molar-refractivity contribution >= 4 is 46.8 Å². The summed E-state index contributed by atoms with van der Waals surface area (Å²) < 4.78 is 10.5. The first kappa shape index (κ1) is 19.1. The second-order valence-corrected chi connectivity index (χ2v) is 6.63. The van der Waals surface area contributed by atoms with E-state index in [0.29, 0.717) is 27.2 Å². The standard InChI is InChI=1S/C19H16Cl2N2O4/c1-23(10-18(24)22-13-4-5-14(20)15(21)9-13)19(25)7-3-12-2-6-16-17(8-12)27-11-26-16/h2-9H,10-11H2,1H3,(H,22,24)/b7-3+. The van der Waals surface area contributed by atoms with Crippen LogP contribution >= 0.6 is 23.2 Å². The van der Waals surface area contributed by atoms with Crippen molar-refractivity contribution in [1.29, 1.82) is 0 Å². The number of hydrogen-bond donors (Lipinski definition) is 1. The van der Waals surface area contributed by atoms with Crippen LogP contribution in [0.2, 0.25) is 10.0 Å². The predicted molar refractivity (Wildman–Crippen MR) is 104 cm³/mol. The number of rotatable bonds is 5. The topological polar surface area (TPSA) is 67.9 Å². The molecule has 1 N–H and O–H groups in total. The van der Waals surface area contributed by atoms with Gasteiger partial charge in [-0.3, -0.25) is 9.59 Å². The van der Waals surface area contributed by atoms with Crippen molar-refractivity contribution < 1.29 is 19.1 Å². The molecule has 2 amide bonds. The number of nitrogens with zero attached hydrogens (tertiary/aromatic N) is 1. The third-order valence-electron chi connectivity index (χ3n) is 3.78. The van der Waals surface area contributed by atoms with Crippen LogP contribution in [0.15, 0.2) is 42.5 Å².